The maximum absolute atomic E-state index is 4.47. The molecule has 0 bridgehead atoms. The molecule has 0 saturated heterocycles. The largest absolute Gasteiger partial charge is 0.379 e. The Labute approximate surface area is 112 Å². The van der Waals surface area contributed by atoms with Crippen molar-refractivity contribution >= 4 is 5.69 Å². The average Bonchev–Trinajstić information content (AvgIpc) is 3.37. The molecule has 0 amide bonds. The third kappa shape index (κ3) is 2.23. The molecular formula is C15H18N4. The van der Waals surface area contributed by atoms with Crippen molar-refractivity contribution in [2.24, 2.45) is 11.8 Å². The molecule has 98 valence electrons. The second kappa shape index (κ2) is 4.37. The van der Waals surface area contributed by atoms with Crippen LogP contribution >= 0.6 is 0 Å². The number of nitrogens with zero attached hydrogens (tertiary/aromatic N) is 3. The summed E-state index contributed by atoms with van der Waals surface area (Å²) in [7, 11) is 0. The van der Waals surface area contributed by atoms with E-state index in [2.05, 4.69) is 21.5 Å². The van der Waals surface area contributed by atoms with Crippen molar-refractivity contribution < 1.29 is 0 Å². The van der Waals surface area contributed by atoms with E-state index in [0.717, 1.165) is 23.3 Å². The summed E-state index contributed by atoms with van der Waals surface area (Å²) in [5, 5.41) is 8.03. The monoisotopic (exact) mass is 254 g/mol. The van der Waals surface area contributed by atoms with Gasteiger partial charge in [0.25, 0.3) is 0 Å². The van der Waals surface area contributed by atoms with Gasteiger partial charge in [0.05, 0.1) is 5.69 Å². The van der Waals surface area contributed by atoms with Crippen LogP contribution in [0.4, 0.5) is 5.69 Å². The summed E-state index contributed by atoms with van der Waals surface area (Å²) >= 11 is 0. The Morgan fingerprint density at radius 3 is 2.53 bits per heavy atom. The van der Waals surface area contributed by atoms with Crippen molar-refractivity contribution in [3.8, 4) is 5.82 Å². The van der Waals surface area contributed by atoms with Crippen LogP contribution in [0.2, 0.25) is 0 Å². The molecule has 2 aliphatic rings. The van der Waals surface area contributed by atoms with E-state index in [9.17, 15) is 0 Å². The molecule has 4 rings (SSSR count). The highest BCUT2D eigenvalue weighted by Crippen LogP contribution is 2.46. The lowest BCUT2D eigenvalue weighted by atomic mass is 10.1. The molecule has 2 fully saturated rings. The smallest absolute Gasteiger partial charge is 0.176 e. The molecule has 0 radical (unpaired) electrons. The van der Waals surface area contributed by atoms with Crippen LogP contribution in [0.3, 0.4) is 0 Å². The molecular weight excluding hydrogens is 236 g/mol. The van der Waals surface area contributed by atoms with Crippen LogP contribution in [0.1, 0.15) is 25.7 Å². The summed E-state index contributed by atoms with van der Waals surface area (Å²) in [5.74, 6) is 2.65. The predicted octanol–water partition coefficient (Wildman–Crippen LogP) is 2.87. The quantitative estimate of drug-likeness (QED) is 0.892. The molecule has 0 atom stereocenters. The van der Waals surface area contributed by atoms with Crippen LogP contribution in [-0.2, 0) is 0 Å². The third-order valence-corrected chi connectivity index (χ3v) is 4.09. The van der Waals surface area contributed by atoms with Crippen LogP contribution in [0.15, 0.2) is 36.8 Å². The van der Waals surface area contributed by atoms with Crippen LogP contribution < -0.4 is 5.32 Å². The first-order valence-corrected chi connectivity index (χ1v) is 7.13. The van der Waals surface area contributed by atoms with Gasteiger partial charge in [0.1, 0.15) is 0 Å². The van der Waals surface area contributed by atoms with Gasteiger partial charge in [-0.05, 0) is 55.7 Å². The molecule has 0 spiro atoms. The number of nitrogens with one attached hydrogen (secondary N) is 1. The zero-order valence-corrected chi connectivity index (χ0v) is 10.9. The first-order valence-electron chi connectivity index (χ1n) is 7.13. The molecule has 0 unspecified atom stereocenters. The van der Waals surface area contributed by atoms with Gasteiger partial charge in [-0.2, -0.15) is 5.10 Å². The minimum Gasteiger partial charge on any atom is -0.379 e. The highest BCUT2D eigenvalue weighted by molar-refractivity contribution is 5.57. The van der Waals surface area contributed by atoms with Crippen molar-refractivity contribution in [3.63, 3.8) is 0 Å². The van der Waals surface area contributed by atoms with E-state index in [1.807, 2.05) is 29.2 Å². The van der Waals surface area contributed by atoms with Crippen LogP contribution in [0.5, 0.6) is 0 Å². The van der Waals surface area contributed by atoms with E-state index < -0.39 is 0 Å². The Morgan fingerprint density at radius 2 is 1.89 bits per heavy atom. The molecule has 2 aromatic rings. The Morgan fingerprint density at radius 1 is 1.11 bits per heavy atom. The van der Waals surface area contributed by atoms with Gasteiger partial charge in [0.2, 0.25) is 0 Å². The predicted molar refractivity (Wildman–Crippen MR) is 74.2 cm³/mol. The minimum atomic E-state index is 0.638. The van der Waals surface area contributed by atoms with Crippen molar-refractivity contribution in [2.45, 2.75) is 31.7 Å². The number of anilines is 1. The molecule has 2 heterocycles. The van der Waals surface area contributed by atoms with Crippen molar-refractivity contribution in [1.82, 2.24) is 14.8 Å². The Bertz CT molecular complexity index is 543. The van der Waals surface area contributed by atoms with E-state index in [-0.39, 0.29) is 0 Å². The van der Waals surface area contributed by atoms with Crippen LogP contribution in [0.25, 0.3) is 5.82 Å². The molecule has 2 aliphatic carbocycles. The maximum atomic E-state index is 4.47. The summed E-state index contributed by atoms with van der Waals surface area (Å²) in [6.45, 7) is 0. The molecule has 0 aromatic carbocycles. The van der Waals surface area contributed by atoms with Gasteiger partial charge in [0, 0.05) is 24.6 Å². The Hall–Kier alpha value is -1.84. The van der Waals surface area contributed by atoms with Gasteiger partial charge in [-0.25, -0.2) is 9.67 Å². The van der Waals surface area contributed by atoms with Gasteiger partial charge in [-0.1, -0.05) is 0 Å². The van der Waals surface area contributed by atoms with E-state index in [4.69, 9.17) is 0 Å². The third-order valence-electron chi connectivity index (χ3n) is 4.09. The van der Waals surface area contributed by atoms with E-state index >= 15 is 0 Å². The Kier molecular flexibility index (Phi) is 2.53. The highest BCUT2D eigenvalue weighted by Gasteiger charge is 2.41. The summed E-state index contributed by atoms with van der Waals surface area (Å²) in [6, 6.07) is 6.67. The lowest BCUT2D eigenvalue weighted by molar-refractivity contribution is 0.567. The summed E-state index contributed by atoms with van der Waals surface area (Å²) in [6.07, 6.45) is 11.1. The van der Waals surface area contributed by atoms with Gasteiger partial charge >= 0.3 is 0 Å². The average molecular weight is 254 g/mol. The minimum absolute atomic E-state index is 0.638. The lowest BCUT2D eigenvalue weighted by Gasteiger charge is -2.20. The molecule has 4 heteroatoms. The van der Waals surface area contributed by atoms with Gasteiger partial charge in [-0.15, -0.1) is 0 Å². The van der Waals surface area contributed by atoms with Crippen molar-refractivity contribution in [1.29, 1.82) is 0 Å². The lowest BCUT2D eigenvalue weighted by Crippen LogP contribution is -2.25. The number of rotatable bonds is 5. The number of hydrogen-bond acceptors (Lipinski definition) is 3. The normalized spacial score (nSPS) is 18.8. The van der Waals surface area contributed by atoms with Gasteiger partial charge < -0.3 is 5.32 Å². The highest BCUT2D eigenvalue weighted by atomic mass is 15.3. The van der Waals surface area contributed by atoms with Gasteiger partial charge in [0.15, 0.2) is 5.82 Å². The summed E-state index contributed by atoms with van der Waals surface area (Å²) < 4.78 is 1.83. The second-order valence-electron chi connectivity index (χ2n) is 5.67. The molecule has 4 nitrogen and oxygen atoms in total. The first-order chi connectivity index (χ1) is 9.42. The standard InChI is InChI=1S/C15H18N4/c1-3-13(15(16-8-1)19-10-2-9-17-19)18-14(11-4-5-11)12-6-7-12/h1-3,8-12,14,18H,4-7H2. The molecule has 19 heavy (non-hydrogen) atoms. The van der Waals surface area contributed by atoms with Crippen LogP contribution in [0, 0.1) is 11.8 Å². The fourth-order valence-electron chi connectivity index (χ4n) is 2.80. The topological polar surface area (TPSA) is 42.7 Å². The maximum Gasteiger partial charge on any atom is 0.176 e. The number of aromatic nitrogens is 3. The zero-order chi connectivity index (χ0) is 12.7. The molecule has 1 N–H and O–H groups in total. The van der Waals surface area contributed by atoms with E-state index in [1.54, 1.807) is 6.20 Å². The molecule has 2 saturated carbocycles. The zero-order valence-electron chi connectivity index (χ0n) is 10.9. The van der Waals surface area contributed by atoms with Crippen molar-refractivity contribution in [2.75, 3.05) is 5.32 Å². The fourth-order valence-corrected chi connectivity index (χ4v) is 2.80. The number of hydrogen-bond donors (Lipinski definition) is 1. The molecule has 0 aliphatic heterocycles. The fraction of sp³-hybridized carbons (Fsp3) is 0.467. The number of pyridine rings is 1. The van der Waals surface area contributed by atoms with Crippen molar-refractivity contribution in [3.05, 3.63) is 36.8 Å². The van der Waals surface area contributed by atoms with E-state index in [1.165, 1.54) is 25.7 Å². The summed E-state index contributed by atoms with van der Waals surface area (Å²) in [5.41, 5.74) is 1.11. The van der Waals surface area contributed by atoms with Crippen LogP contribution in [-0.4, -0.2) is 20.8 Å². The van der Waals surface area contributed by atoms with E-state index in [0.29, 0.717) is 6.04 Å². The molecule has 2 aromatic heterocycles. The first kappa shape index (κ1) is 11.0. The SMILES string of the molecule is c1cnc(-n2cccn2)c(NC(C2CC2)C2CC2)c1. The Balaban J connectivity index is 1.63. The van der Waals surface area contributed by atoms with Gasteiger partial charge in [-0.3, -0.25) is 0 Å². The second-order valence-corrected chi connectivity index (χ2v) is 5.67. The summed E-state index contributed by atoms with van der Waals surface area (Å²) in [4.78, 5) is 4.47.